The number of piperazine rings is 3. The highest BCUT2D eigenvalue weighted by Crippen LogP contribution is 2.45. The van der Waals surface area contributed by atoms with Gasteiger partial charge in [0.1, 0.15) is 96.8 Å². The maximum atomic E-state index is 15.6. The summed E-state index contributed by atoms with van der Waals surface area (Å²) < 4.78 is 102. The van der Waals surface area contributed by atoms with Crippen molar-refractivity contribution in [3.63, 3.8) is 0 Å². The molecule has 5 aliphatic heterocycles. The minimum Gasteiger partial charge on any atom is -0.460 e. The van der Waals surface area contributed by atoms with Crippen LogP contribution >= 0.6 is 34.8 Å². The van der Waals surface area contributed by atoms with E-state index in [4.69, 9.17) is 82.9 Å². The number of fused-ring (bicyclic) bond motifs is 6. The SMILES string of the molecule is C=CC(=O)N1CCN(c2nc(OCC3(F)CCN(C)CC3)nc3c(Oc4c(Cl)c(F)cc5[nH]ncc45)nccc23)CC1.C=CC(=O)N1CCN(c2nc(O[C@H]3CN(C)C[C@@H]3OC)nc3c(Oc4c(Cl)c(F)cc5[nH]ncc45)nccc23)CC1.C=CC(=O)N1CCN(c2nc(Oc3ccccc3)nc3c(Oc4c(Cl)c(F)cc5[nH]ncc45)nccc23)CC1. The van der Waals surface area contributed by atoms with Crippen molar-refractivity contribution in [1.82, 2.24) is 99.9 Å². The molecule has 9 aromatic heterocycles. The van der Waals surface area contributed by atoms with Crippen LogP contribution in [0.5, 0.6) is 58.7 Å². The maximum Gasteiger partial charge on any atom is 0.324 e. The summed E-state index contributed by atoms with van der Waals surface area (Å²) in [6.45, 7) is 19.1. The minimum absolute atomic E-state index is 0.0219. The number of ether oxygens (including phenoxy) is 7. The summed E-state index contributed by atoms with van der Waals surface area (Å²) in [7, 11) is 5.59. The highest BCUT2D eigenvalue weighted by molar-refractivity contribution is 6.34. The third-order valence-electron chi connectivity index (χ3n) is 21.4. The molecule has 0 aliphatic carbocycles. The Kier molecular flexibility index (Phi) is 24.3. The number of likely N-dealkylation sites (tertiary alicyclic amines) is 2. The van der Waals surface area contributed by atoms with Crippen molar-refractivity contribution in [2.24, 2.45) is 0 Å². The number of H-pyrrole nitrogens is 3. The van der Waals surface area contributed by atoms with Gasteiger partial charge < -0.3 is 67.5 Å². The summed E-state index contributed by atoms with van der Waals surface area (Å²) in [6.07, 6.45) is 13.2. The molecule has 0 spiro atoms. The average molecular weight is 1730 g/mol. The quantitative estimate of drug-likeness (QED) is 0.0471. The number of aromatic nitrogens is 15. The molecular formula is C82H78Cl3F4N23O10. The average Bonchev–Trinajstić information content (AvgIpc) is 0.902. The Bertz CT molecular complexity index is 6150. The molecular weight excluding hydrogens is 1650 g/mol. The van der Waals surface area contributed by atoms with Crippen LogP contribution in [0.15, 0.2) is 142 Å². The van der Waals surface area contributed by atoms with Crippen molar-refractivity contribution in [2.45, 2.75) is 30.7 Å². The second-order valence-corrected chi connectivity index (χ2v) is 30.3. The lowest BCUT2D eigenvalue weighted by molar-refractivity contribution is -0.127. The summed E-state index contributed by atoms with van der Waals surface area (Å²) in [5, 5.41) is 22.7. The van der Waals surface area contributed by atoms with Crippen LogP contribution in [0.2, 0.25) is 15.1 Å². The number of halogens is 7. The van der Waals surface area contributed by atoms with Crippen LogP contribution in [0.25, 0.3) is 65.4 Å². The first-order valence-corrected chi connectivity index (χ1v) is 39.8. The maximum absolute atomic E-state index is 15.6. The molecule has 2 atom stereocenters. The first kappa shape index (κ1) is 82.7. The number of anilines is 3. The fourth-order valence-electron chi connectivity index (χ4n) is 14.8. The number of hydrogen-bond donors (Lipinski definition) is 3. The van der Waals surface area contributed by atoms with E-state index in [0.717, 1.165) is 0 Å². The van der Waals surface area contributed by atoms with Crippen molar-refractivity contribution < 1.29 is 65.1 Å². The highest BCUT2D eigenvalue weighted by atomic mass is 35.5. The lowest BCUT2D eigenvalue weighted by atomic mass is 9.95. The summed E-state index contributed by atoms with van der Waals surface area (Å²) in [6, 6.07) is 18.3. The highest BCUT2D eigenvalue weighted by Gasteiger charge is 2.38. The molecule has 0 bridgehead atoms. The Morgan fingerprint density at radius 3 is 1.24 bits per heavy atom. The third kappa shape index (κ3) is 17.4. The molecule has 0 saturated carbocycles. The number of amides is 3. The normalized spacial score (nSPS) is 17.0. The molecule has 5 fully saturated rings. The lowest BCUT2D eigenvalue weighted by Gasteiger charge is -2.35. The van der Waals surface area contributed by atoms with Crippen molar-refractivity contribution in [3.8, 4) is 58.7 Å². The summed E-state index contributed by atoms with van der Waals surface area (Å²) in [5.74, 6) is 0.200. The number of rotatable bonds is 20. The zero-order valence-electron chi connectivity index (χ0n) is 65.9. The molecule has 40 heteroatoms. The van der Waals surface area contributed by atoms with E-state index < -0.39 is 23.1 Å². The lowest BCUT2D eigenvalue weighted by Crippen LogP contribution is -2.48. The van der Waals surface area contributed by atoms with Gasteiger partial charge in [-0.2, -0.15) is 45.2 Å². The fourth-order valence-corrected chi connectivity index (χ4v) is 15.4. The van der Waals surface area contributed by atoms with Crippen LogP contribution in [-0.4, -0.2) is 268 Å². The second-order valence-electron chi connectivity index (χ2n) is 29.2. The Hall–Kier alpha value is -12.9. The van der Waals surface area contributed by atoms with Crippen LogP contribution in [-0.2, 0) is 19.1 Å². The Morgan fingerprint density at radius 2 is 0.844 bits per heavy atom. The minimum atomic E-state index is -1.52. The predicted octanol–water partition coefficient (Wildman–Crippen LogP) is 12.3. The Morgan fingerprint density at radius 1 is 0.475 bits per heavy atom. The summed E-state index contributed by atoms with van der Waals surface area (Å²) >= 11 is 18.9. The molecule has 122 heavy (non-hydrogen) atoms. The van der Waals surface area contributed by atoms with Crippen LogP contribution in [0.3, 0.4) is 0 Å². The van der Waals surface area contributed by atoms with E-state index in [1.165, 1.54) is 61.2 Å². The largest absolute Gasteiger partial charge is 0.460 e. The molecule has 3 amide bonds. The first-order valence-electron chi connectivity index (χ1n) is 38.7. The van der Waals surface area contributed by atoms with Crippen molar-refractivity contribution in [3.05, 3.63) is 174 Å². The van der Waals surface area contributed by atoms with Crippen LogP contribution in [0.1, 0.15) is 12.8 Å². The number of pyridine rings is 3. The van der Waals surface area contributed by atoms with Gasteiger partial charge in [0.2, 0.25) is 35.4 Å². The molecule has 630 valence electrons. The smallest absolute Gasteiger partial charge is 0.324 e. The Labute approximate surface area is 707 Å². The van der Waals surface area contributed by atoms with Crippen molar-refractivity contribution in [1.29, 1.82) is 0 Å². The molecule has 4 aromatic carbocycles. The molecule has 5 saturated heterocycles. The van der Waals surface area contributed by atoms with Crippen LogP contribution < -0.4 is 43.1 Å². The number of piperidine rings is 1. The van der Waals surface area contributed by atoms with E-state index >= 15 is 4.39 Å². The number of benzene rings is 4. The van der Waals surface area contributed by atoms with Crippen molar-refractivity contribution in [2.75, 3.05) is 147 Å². The van der Waals surface area contributed by atoms with Gasteiger partial charge in [0.25, 0.3) is 0 Å². The molecule has 3 N–H and O–H groups in total. The van der Waals surface area contributed by atoms with E-state index in [-0.39, 0.29) is 110 Å². The summed E-state index contributed by atoms with van der Waals surface area (Å²) in [4.78, 5) is 93.1. The molecule has 0 radical (unpaired) electrons. The van der Waals surface area contributed by atoms with Gasteiger partial charge in [-0.3, -0.25) is 34.6 Å². The topological polar surface area (TPSA) is 344 Å². The zero-order chi connectivity index (χ0) is 85.0. The van der Waals surface area contributed by atoms with E-state index in [9.17, 15) is 27.6 Å². The van der Waals surface area contributed by atoms with E-state index in [1.54, 1.807) is 64.5 Å². The number of hydrogen-bond acceptors (Lipinski definition) is 27. The Balaban J connectivity index is 0.000000136. The molecule has 33 nitrogen and oxygen atoms in total. The summed E-state index contributed by atoms with van der Waals surface area (Å²) in [5.41, 5.74) is 0.689. The number of nitrogens with one attached hydrogen (secondary N) is 3. The van der Waals surface area contributed by atoms with Gasteiger partial charge in [-0.1, -0.05) is 72.7 Å². The van der Waals surface area contributed by atoms with Crippen LogP contribution in [0, 0.1) is 17.5 Å². The number of carbonyl (C=O) groups excluding carboxylic acids is 3. The zero-order valence-corrected chi connectivity index (χ0v) is 68.2. The standard InChI is InChI=1S/C28H29ClF2N8O3.C27H28ClFN8O4.C27H21ClFN7O3/c1-3-21(40)38-10-12-39(13-11-38)25-17-4-7-32-26(42-24-18-15-33-36-20(18)14-19(30)22(24)29)23(17)34-27(35-25)41-16-28(31)5-8-37(2)9-6-28;1-4-21(38)36-7-9-37(10-8-36)25-15-5-6-30-26(41-24-16-12-31-34-18(16)11-17(29)22(24)28)23(15)32-27(33-25)40-20-14-35(2)13-19(20)39-3;1-2-21(37)35-10-12-36(13-11-35)25-17-8-9-30-26(23(17)32-27(33-25)38-16-6-4-3-5-7-16)39-24-18-15-31-34-20(18)14-19(29)22(24)28/h3-4,7,14-15H,1,5-6,8-13,16H2,2H3,(H,33,36);4-6,11-12,19-20H,1,7-10,13-14H2,2-3H3,(H,31,34);2-9,14-15H,1,10-13H2,(H,31,34)/t;19-,20-;/m.0./s1. The van der Waals surface area contributed by atoms with Gasteiger partial charge in [-0.05, 0) is 75.5 Å². The molecule has 5 aliphatic rings. The number of para-hydroxylation sites is 1. The fraction of sp³-hybridized carbons (Fsp3) is 0.305. The monoisotopic (exact) mass is 1730 g/mol. The molecule has 0 unspecified atom stereocenters. The van der Waals surface area contributed by atoms with E-state index in [1.807, 2.05) is 42.1 Å². The van der Waals surface area contributed by atoms with Gasteiger partial charge in [0.05, 0.1) is 67.5 Å². The molecule has 13 aromatic rings. The van der Waals surface area contributed by atoms with Gasteiger partial charge in [0.15, 0.2) is 17.2 Å². The first-order chi connectivity index (χ1) is 59.1. The van der Waals surface area contributed by atoms with Gasteiger partial charge >= 0.3 is 18.0 Å². The van der Waals surface area contributed by atoms with Gasteiger partial charge in [-0.15, -0.1) is 0 Å². The predicted molar refractivity (Wildman–Crippen MR) is 448 cm³/mol. The number of likely N-dealkylation sites (N-methyl/N-ethyl adjacent to an activating group) is 1. The van der Waals surface area contributed by atoms with Gasteiger partial charge in [0, 0.05) is 149 Å². The molecule has 18 rings (SSSR count). The van der Waals surface area contributed by atoms with E-state index in [2.05, 4.69) is 94.9 Å². The number of methoxy groups -OCH3 is 1. The number of carbonyl (C=O) groups is 3. The number of alkyl halides is 1. The third-order valence-corrected chi connectivity index (χ3v) is 22.5. The van der Waals surface area contributed by atoms with Crippen molar-refractivity contribution >= 4 is 135 Å². The van der Waals surface area contributed by atoms with Gasteiger partial charge in [-0.25, -0.2) is 32.5 Å². The number of aromatic amines is 3. The second kappa shape index (κ2) is 35.8. The number of nitrogens with zero attached hydrogens (tertiary/aromatic N) is 20. The van der Waals surface area contributed by atoms with Crippen LogP contribution in [0.4, 0.5) is 35.0 Å². The molecule has 14 heterocycles. The van der Waals surface area contributed by atoms with E-state index in [0.29, 0.717) is 201 Å².